The zero-order chi connectivity index (χ0) is 20.3. The number of amides is 1. The van der Waals surface area contributed by atoms with Crippen molar-refractivity contribution in [3.8, 4) is 0 Å². The van der Waals surface area contributed by atoms with Gasteiger partial charge in [-0.2, -0.15) is 5.10 Å². The molecule has 8 heteroatoms. The SMILES string of the molecule is CC(C)(C)OC(=O)N1CCC(C)(c2cnn3c2[nH]c2cc(F)cc(Br)c23)CC1. The van der Waals surface area contributed by atoms with E-state index >= 15 is 0 Å². The second-order valence-corrected chi connectivity index (χ2v) is 9.61. The van der Waals surface area contributed by atoms with Crippen LogP contribution in [0.5, 0.6) is 0 Å². The molecular formula is C20H24BrFN4O2. The summed E-state index contributed by atoms with van der Waals surface area (Å²) in [5, 5.41) is 4.55. The highest BCUT2D eigenvalue weighted by atomic mass is 79.9. The number of H-pyrrole nitrogens is 1. The number of fused-ring (bicyclic) bond motifs is 3. The van der Waals surface area contributed by atoms with E-state index in [0.29, 0.717) is 23.1 Å². The number of aromatic amines is 1. The monoisotopic (exact) mass is 450 g/mol. The van der Waals surface area contributed by atoms with E-state index in [0.717, 1.165) is 29.6 Å². The molecule has 0 saturated carbocycles. The molecule has 1 aromatic carbocycles. The fourth-order valence-corrected chi connectivity index (χ4v) is 4.46. The van der Waals surface area contributed by atoms with E-state index in [1.807, 2.05) is 31.5 Å². The number of likely N-dealkylation sites (tertiary alicyclic amines) is 1. The number of nitrogens with zero attached hydrogens (tertiary/aromatic N) is 3. The van der Waals surface area contributed by atoms with Crippen LogP contribution in [0.2, 0.25) is 0 Å². The molecule has 3 heterocycles. The topological polar surface area (TPSA) is 62.6 Å². The Hall–Kier alpha value is -2.09. The van der Waals surface area contributed by atoms with Crippen molar-refractivity contribution in [2.45, 2.75) is 51.6 Å². The summed E-state index contributed by atoms with van der Waals surface area (Å²) in [7, 11) is 0. The fraction of sp³-hybridized carbons (Fsp3) is 0.500. The van der Waals surface area contributed by atoms with Gasteiger partial charge in [-0.25, -0.2) is 13.7 Å². The first kappa shape index (κ1) is 19.2. The predicted molar refractivity (Wildman–Crippen MR) is 109 cm³/mol. The molecule has 0 unspecified atom stereocenters. The number of carbonyl (C=O) groups excluding carboxylic acids is 1. The summed E-state index contributed by atoms with van der Waals surface area (Å²) in [6.45, 7) is 9.07. The zero-order valence-electron chi connectivity index (χ0n) is 16.5. The second-order valence-electron chi connectivity index (χ2n) is 8.76. The number of hydrogen-bond donors (Lipinski definition) is 1. The third-order valence-corrected chi connectivity index (χ3v) is 6.04. The molecule has 6 nitrogen and oxygen atoms in total. The van der Waals surface area contributed by atoms with Crippen molar-refractivity contribution in [2.75, 3.05) is 13.1 Å². The van der Waals surface area contributed by atoms with Crippen molar-refractivity contribution in [3.63, 3.8) is 0 Å². The molecule has 1 aliphatic heterocycles. The molecule has 0 spiro atoms. The molecule has 150 valence electrons. The average Bonchev–Trinajstić information content (AvgIpc) is 3.12. The van der Waals surface area contributed by atoms with E-state index in [4.69, 9.17) is 4.74 Å². The lowest BCUT2D eigenvalue weighted by molar-refractivity contribution is 0.0172. The van der Waals surface area contributed by atoms with Crippen LogP contribution in [0.25, 0.3) is 16.7 Å². The molecule has 0 atom stereocenters. The lowest BCUT2D eigenvalue weighted by atomic mass is 9.75. The van der Waals surface area contributed by atoms with Crippen LogP contribution in [0.4, 0.5) is 9.18 Å². The molecule has 1 saturated heterocycles. The molecule has 4 rings (SSSR count). The van der Waals surface area contributed by atoms with Crippen LogP contribution in [0.1, 0.15) is 46.1 Å². The van der Waals surface area contributed by atoms with Gasteiger partial charge in [0.1, 0.15) is 22.6 Å². The minimum absolute atomic E-state index is 0.133. The van der Waals surface area contributed by atoms with Crippen LogP contribution in [0, 0.1) is 5.82 Å². The first-order valence-corrected chi connectivity index (χ1v) is 10.2. The number of ether oxygens (including phenoxy) is 1. The Morgan fingerprint density at radius 3 is 2.64 bits per heavy atom. The van der Waals surface area contributed by atoms with Crippen LogP contribution in [0.15, 0.2) is 22.8 Å². The molecule has 2 aromatic heterocycles. The van der Waals surface area contributed by atoms with E-state index in [2.05, 4.69) is 32.9 Å². The average molecular weight is 451 g/mol. The van der Waals surface area contributed by atoms with Crippen LogP contribution in [-0.4, -0.2) is 44.3 Å². The number of nitrogens with one attached hydrogen (secondary N) is 1. The maximum absolute atomic E-state index is 13.8. The molecule has 28 heavy (non-hydrogen) atoms. The Balaban J connectivity index is 1.62. The van der Waals surface area contributed by atoms with Crippen molar-refractivity contribution in [3.05, 3.63) is 34.2 Å². The quantitative estimate of drug-likeness (QED) is 0.566. The maximum Gasteiger partial charge on any atom is 0.410 e. The molecule has 1 N–H and O–H groups in total. The fourth-order valence-electron chi connectivity index (χ4n) is 3.86. The van der Waals surface area contributed by atoms with Gasteiger partial charge in [-0.15, -0.1) is 0 Å². The minimum atomic E-state index is -0.497. The van der Waals surface area contributed by atoms with Crippen molar-refractivity contribution in [1.82, 2.24) is 19.5 Å². The van der Waals surface area contributed by atoms with Crippen LogP contribution in [-0.2, 0) is 10.2 Å². The molecule has 1 amide bonds. The molecular weight excluding hydrogens is 427 g/mol. The van der Waals surface area contributed by atoms with Gasteiger partial charge in [-0.1, -0.05) is 6.92 Å². The van der Waals surface area contributed by atoms with Crippen LogP contribution < -0.4 is 0 Å². The van der Waals surface area contributed by atoms with E-state index in [-0.39, 0.29) is 17.3 Å². The maximum atomic E-state index is 13.8. The summed E-state index contributed by atoms with van der Waals surface area (Å²) in [6, 6.07) is 2.92. The molecule has 1 fully saturated rings. The summed E-state index contributed by atoms with van der Waals surface area (Å²) in [4.78, 5) is 17.4. The van der Waals surface area contributed by atoms with Crippen molar-refractivity contribution >= 4 is 38.7 Å². The van der Waals surface area contributed by atoms with Gasteiger partial charge in [0.25, 0.3) is 0 Å². The molecule has 0 aliphatic carbocycles. The highest BCUT2D eigenvalue weighted by Crippen LogP contribution is 2.39. The lowest BCUT2D eigenvalue weighted by Crippen LogP contribution is -2.45. The van der Waals surface area contributed by atoms with E-state index in [1.54, 1.807) is 4.90 Å². The Morgan fingerprint density at radius 2 is 2.00 bits per heavy atom. The van der Waals surface area contributed by atoms with Crippen molar-refractivity contribution in [2.24, 2.45) is 0 Å². The van der Waals surface area contributed by atoms with Gasteiger partial charge in [0, 0.05) is 28.5 Å². The van der Waals surface area contributed by atoms with Gasteiger partial charge in [0.2, 0.25) is 0 Å². The Kier molecular flexibility index (Phi) is 4.45. The van der Waals surface area contributed by atoms with Gasteiger partial charge in [-0.05, 0) is 61.7 Å². The molecule has 3 aromatic rings. The predicted octanol–water partition coefficient (Wildman–Crippen LogP) is 5.01. The second kappa shape index (κ2) is 6.47. The summed E-state index contributed by atoms with van der Waals surface area (Å²) >= 11 is 3.44. The number of carbonyl (C=O) groups is 1. The standard InChI is InChI=1S/C20H24BrFN4O2/c1-19(2,3)28-18(27)25-7-5-20(4,6-8-25)13-11-23-26-16-14(21)9-12(22)10-15(16)24-17(13)26/h9-11,24H,5-8H2,1-4H3. The number of imidazole rings is 1. The Bertz CT molecular complexity index is 1060. The first-order valence-electron chi connectivity index (χ1n) is 9.40. The van der Waals surface area contributed by atoms with Gasteiger partial charge in [0.05, 0.1) is 11.7 Å². The van der Waals surface area contributed by atoms with Gasteiger partial charge < -0.3 is 14.6 Å². The molecule has 0 radical (unpaired) electrons. The van der Waals surface area contributed by atoms with Crippen molar-refractivity contribution in [1.29, 1.82) is 0 Å². The Labute approximate surface area is 171 Å². The van der Waals surface area contributed by atoms with Crippen LogP contribution >= 0.6 is 15.9 Å². The lowest BCUT2D eigenvalue weighted by Gasteiger charge is -2.39. The third kappa shape index (κ3) is 3.27. The summed E-state index contributed by atoms with van der Waals surface area (Å²) < 4.78 is 21.7. The number of halogens is 2. The van der Waals surface area contributed by atoms with Gasteiger partial charge >= 0.3 is 6.09 Å². The minimum Gasteiger partial charge on any atom is -0.444 e. The van der Waals surface area contributed by atoms with Crippen LogP contribution in [0.3, 0.4) is 0 Å². The highest BCUT2D eigenvalue weighted by molar-refractivity contribution is 9.10. The van der Waals surface area contributed by atoms with E-state index in [1.165, 1.54) is 12.1 Å². The smallest absolute Gasteiger partial charge is 0.410 e. The Morgan fingerprint density at radius 1 is 1.32 bits per heavy atom. The van der Waals surface area contributed by atoms with Crippen molar-refractivity contribution < 1.29 is 13.9 Å². The largest absolute Gasteiger partial charge is 0.444 e. The summed E-state index contributed by atoms with van der Waals surface area (Å²) in [5.74, 6) is -0.303. The number of piperidine rings is 1. The molecule has 0 bridgehead atoms. The summed E-state index contributed by atoms with van der Waals surface area (Å²) in [5.41, 5.74) is 2.84. The van der Waals surface area contributed by atoms with Gasteiger partial charge in [-0.3, -0.25) is 0 Å². The van der Waals surface area contributed by atoms with Gasteiger partial charge in [0.15, 0.2) is 0 Å². The number of aromatic nitrogens is 3. The van der Waals surface area contributed by atoms with E-state index < -0.39 is 5.60 Å². The summed E-state index contributed by atoms with van der Waals surface area (Å²) in [6.07, 6.45) is 3.22. The van der Waals surface area contributed by atoms with E-state index in [9.17, 15) is 9.18 Å². The third-order valence-electron chi connectivity index (χ3n) is 5.43. The zero-order valence-corrected chi connectivity index (χ0v) is 18.1. The number of benzene rings is 1. The normalized spacial score (nSPS) is 17.4. The first-order chi connectivity index (χ1) is 13.1. The number of hydrogen-bond acceptors (Lipinski definition) is 3. The number of rotatable bonds is 1. The molecule has 1 aliphatic rings. The highest BCUT2D eigenvalue weighted by Gasteiger charge is 2.37.